The van der Waals surface area contributed by atoms with Crippen LogP contribution < -0.4 is 34.4 Å². The normalized spacial score (nSPS) is 14.7. The van der Waals surface area contributed by atoms with E-state index < -0.39 is 6.04 Å². The van der Waals surface area contributed by atoms with Crippen molar-refractivity contribution in [2.24, 2.45) is 4.99 Å². The highest BCUT2D eigenvalue weighted by molar-refractivity contribution is 7.07. The van der Waals surface area contributed by atoms with Gasteiger partial charge in [-0.05, 0) is 66.3 Å². The highest BCUT2D eigenvalue weighted by Crippen LogP contribution is 2.36. The summed E-state index contributed by atoms with van der Waals surface area (Å²) < 4.78 is 18.7. The number of thiazole rings is 1. The second-order valence-corrected chi connectivity index (χ2v) is 11.4. The molecular formula is C35H31N3O5S. The van der Waals surface area contributed by atoms with Crippen LogP contribution in [0.5, 0.6) is 17.2 Å². The maximum Gasteiger partial charge on any atom is 0.271 e. The average Bonchev–Trinajstić information content (AvgIpc) is 3.34. The van der Waals surface area contributed by atoms with Crippen LogP contribution in [-0.2, 0) is 4.79 Å². The van der Waals surface area contributed by atoms with Crippen molar-refractivity contribution in [3.05, 3.63) is 127 Å². The first kappa shape index (κ1) is 28.9. The van der Waals surface area contributed by atoms with Crippen molar-refractivity contribution in [3.63, 3.8) is 0 Å². The molecule has 0 fully saturated rings. The summed E-state index contributed by atoms with van der Waals surface area (Å²) >= 11 is 1.29. The molecule has 0 bridgehead atoms. The Bertz CT molecular complexity index is 2140. The second-order valence-electron chi connectivity index (χ2n) is 10.4. The number of carbonyl (C=O) groups excluding carboxylic acids is 1. The quantitative estimate of drug-likeness (QED) is 0.270. The van der Waals surface area contributed by atoms with E-state index in [4.69, 9.17) is 19.2 Å². The van der Waals surface area contributed by atoms with E-state index in [-0.39, 0.29) is 11.5 Å². The molecule has 4 aromatic carbocycles. The number of hydrogen-bond acceptors (Lipinski definition) is 7. The standard InChI is InChI=1S/C35H31N3O5S/c1-20-10-6-9-13-26(20)37-33(39)31-21(2)36-35-38(32(31)23-15-17-28(42-4)29(18-23)43-5)34(40)30(44-35)19-22-14-16-27(41-3)25-12-8-7-11-24(22)25/h6-19,32H,1-5H3,(H,37,39). The van der Waals surface area contributed by atoms with Gasteiger partial charge in [-0.1, -0.05) is 65.9 Å². The van der Waals surface area contributed by atoms with E-state index in [1.807, 2.05) is 79.7 Å². The molecule has 1 aromatic heterocycles. The number of para-hydroxylation sites is 1. The molecule has 0 radical (unpaired) electrons. The number of nitrogens with zero attached hydrogens (tertiary/aromatic N) is 2. The summed E-state index contributed by atoms with van der Waals surface area (Å²) in [5.74, 6) is 1.45. The van der Waals surface area contributed by atoms with Crippen LogP contribution >= 0.6 is 11.3 Å². The Labute approximate surface area is 258 Å². The number of carbonyl (C=O) groups is 1. The topological polar surface area (TPSA) is 91.2 Å². The number of anilines is 1. The minimum Gasteiger partial charge on any atom is -0.496 e. The molecule has 1 amide bonds. The predicted octanol–water partition coefficient (Wildman–Crippen LogP) is 5.36. The third kappa shape index (κ3) is 5.05. The first-order valence-corrected chi connectivity index (χ1v) is 14.8. The molecular weight excluding hydrogens is 574 g/mol. The lowest BCUT2D eigenvalue weighted by Gasteiger charge is -2.26. The lowest BCUT2D eigenvalue weighted by molar-refractivity contribution is -0.113. The van der Waals surface area contributed by atoms with Gasteiger partial charge in [-0.25, -0.2) is 4.99 Å². The lowest BCUT2D eigenvalue weighted by atomic mass is 9.94. The number of hydrogen-bond donors (Lipinski definition) is 1. The zero-order chi connectivity index (χ0) is 31.0. The summed E-state index contributed by atoms with van der Waals surface area (Å²) in [5.41, 5.74) is 3.83. The van der Waals surface area contributed by atoms with Crippen molar-refractivity contribution in [1.82, 2.24) is 4.57 Å². The largest absolute Gasteiger partial charge is 0.496 e. The molecule has 0 saturated carbocycles. The minimum absolute atomic E-state index is 0.248. The van der Waals surface area contributed by atoms with E-state index in [1.165, 1.54) is 11.3 Å². The molecule has 0 aliphatic carbocycles. The molecule has 0 spiro atoms. The van der Waals surface area contributed by atoms with Gasteiger partial charge in [0.2, 0.25) is 0 Å². The van der Waals surface area contributed by atoms with E-state index >= 15 is 0 Å². The van der Waals surface area contributed by atoms with Crippen LogP contribution in [-0.4, -0.2) is 31.8 Å². The Kier molecular flexibility index (Phi) is 7.80. The molecule has 9 heteroatoms. The summed E-state index contributed by atoms with van der Waals surface area (Å²) in [7, 11) is 4.76. The van der Waals surface area contributed by atoms with Crippen LogP contribution in [0.4, 0.5) is 5.69 Å². The van der Waals surface area contributed by atoms with E-state index in [0.29, 0.717) is 43.4 Å². The molecule has 1 atom stereocenters. The van der Waals surface area contributed by atoms with Gasteiger partial charge in [0, 0.05) is 11.1 Å². The van der Waals surface area contributed by atoms with Gasteiger partial charge in [0.05, 0.1) is 43.2 Å². The number of benzene rings is 4. The Morgan fingerprint density at radius 1 is 0.864 bits per heavy atom. The summed E-state index contributed by atoms with van der Waals surface area (Å²) in [6.45, 7) is 3.73. The van der Waals surface area contributed by atoms with Crippen molar-refractivity contribution in [2.75, 3.05) is 26.6 Å². The van der Waals surface area contributed by atoms with Crippen LogP contribution in [0.2, 0.25) is 0 Å². The maximum atomic E-state index is 14.3. The minimum atomic E-state index is -0.759. The van der Waals surface area contributed by atoms with Gasteiger partial charge in [-0.3, -0.25) is 14.2 Å². The van der Waals surface area contributed by atoms with Gasteiger partial charge in [0.15, 0.2) is 16.3 Å². The molecule has 1 aliphatic rings. The van der Waals surface area contributed by atoms with Crippen LogP contribution in [0.1, 0.15) is 29.7 Å². The summed E-state index contributed by atoms with van der Waals surface area (Å²) in [6, 6.07) is 24.0. The number of amides is 1. The number of aryl methyl sites for hydroxylation is 1. The van der Waals surface area contributed by atoms with Crippen molar-refractivity contribution < 1.29 is 19.0 Å². The van der Waals surface area contributed by atoms with Crippen molar-refractivity contribution in [1.29, 1.82) is 0 Å². The number of fused-ring (bicyclic) bond motifs is 2. The number of nitrogens with one attached hydrogen (secondary N) is 1. The van der Waals surface area contributed by atoms with Gasteiger partial charge >= 0.3 is 0 Å². The molecule has 8 nitrogen and oxygen atoms in total. The van der Waals surface area contributed by atoms with E-state index in [1.54, 1.807) is 45.0 Å². The van der Waals surface area contributed by atoms with E-state index in [0.717, 1.165) is 27.6 Å². The number of rotatable bonds is 7. The molecule has 0 saturated heterocycles. The zero-order valence-electron chi connectivity index (χ0n) is 25.0. The molecule has 5 aromatic rings. The number of aromatic nitrogens is 1. The fourth-order valence-electron chi connectivity index (χ4n) is 5.59. The monoisotopic (exact) mass is 605 g/mol. The van der Waals surface area contributed by atoms with E-state index in [2.05, 4.69) is 5.32 Å². The van der Waals surface area contributed by atoms with Crippen molar-refractivity contribution in [3.8, 4) is 17.2 Å². The number of methoxy groups -OCH3 is 3. The molecule has 44 heavy (non-hydrogen) atoms. The predicted molar refractivity (Wildman–Crippen MR) is 174 cm³/mol. The average molecular weight is 606 g/mol. The van der Waals surface area contributed by atoms with Crippen LogP contribution in [0.3, 0.4) is 0 Å². The van der Waals surface area contributed by atoms with Crippen molar-refractivity contribution in [2.45, 2.75) is 19.9 Å². The maximum absolute atomic E-state index is 14.3. The molecule has 1 aliphatic heterocycles. The fourth-order valence-corrected chi connectivity index (χ4v) is 6.63. The molecule has 1 N–H and O–H groups in total. The SMILES string of the molecule is COc1ccc(C2C(C(=O)Nc3ccccc3C)=C(C)N=c3sc(=Cc4ccc(OC)c5ccccc45)c(=O)n32)cc1OC. The van der Waals surface area contributed by atoms with Gasteiger partial charge in [0.1, 0.15) is 5.75 Å². The van der Waals surface area contributed by atoms with Crippen molar-refractivity contribution >= 4 is 39.8 Å². The Balaban J connectivity index is 1.55. The first-order chi connectivity index (χ1) is 21.3. The molecule has 1 unspecified atom stereocenters. The smallest absolute Gasteiger partial charge is 0.271 e. The zero-order valence-corrected chi connectivity index (χ0v) is 25.8. The third-order valence-electron chi connectivity index (χ3n) is 7.81. The first-order valence-electron chi connectivity index (χ1n) is 14.0. The highest BCUT2D eigenvalue weighted by Gasteiger charge is 2.33. The van der Waals surface area contributed by atoms with Crippen LogP contribution in [0.25, 0.3) is 16.8 Å². The molecule has 2 heterocycles. The highest BCUT2D eigenvalue weighted by atomic mass is 32.1. The van der Waals surface area contributed by atoms with Crippen LogP contribution in [0, 0.1) is 6.92 Å². The van der Waals surface area contributed by atoms with E-state index in [9.17, 15) is 9.59 Å². The summed E-state index contributed by atoms with van der Waals surface area (Å²) in [5, 5.41) is 4.96. The van der Waals surface area contributed by atoms with Crippen LogP contribution in [0.15, 0.2) is 99.9 Å². The van der Waals surface area contributed by atoms with Gasteiger partial charge in [-0.15, -0.1) is 0 Å². The Morgan fingerprint density at radius 3 is 2.27 bits per heavy atom. The van der Waals surface area contributed by atoms with Gasteiger partial charge in [-0.2, -0.15) is 0 Å². The Hall–Kier alpha value is -5.15. The number of allylic oxidation sites excluding steroid dienone is 1. The number of ether oxygens (including phenoxy) is 3. The summed E-state index contributed by atoms with van der Waals surface area (Å²) in [4.78, 5) is 33.6. The second kappa shape index (κ2) is 11.9. The summed E-state index contributed by atoms with van der Waals surface area (Å²) in [6.07, 6.45) is 1.88. The molecule has 6 rings (SSSR count). The molecule has 222 valence electrons. The van der Waals surface area contributed by atoms with Gasteiger partial charge < -0.3 is 19.5 Å². The fraction of sp³-hybridized carbons (Fsp3) is 0.171. The third-order valence-corrected chi connectivity index (χ3v) is 8.79. The van der Waals surface area contributed by atoms with Gasteiger partial charge in [0.25, 0.3) is 11.5 Å². The lowest BCUT2D eigenvalue weighted by Crippen LogP contribution is -2.40. The Morgan fingerprint density at radius 2 is 1.55 bits per heavy atom.